The van der Waals surface area contributed by atoms with Crippen LogP contribution in [0.2, 0.25) is 5.02 Å². The predicted octanol–water partition coefficient (Wildman–Crippen LogP) is 2.34. The van der Waals surface area contributed by atoms with E-state index in [2.05, 4.69) is 46.0 Å². The Morgan fingerprint density at radius 1 is 0.942 bits per heavy atom. The van der Waals surface area contributed by atoms with Crippen LogP contribution in [-0.4, -0.2) is 142 Å². The molecule has 0 radical (unpaired) electrons. The molecular weight excluding hydrogens is 739 g/mol. The van der Waals surface area contributed by atoms with Gasteiger partial charge in [-0.15, -0.1) is 0 Å². The Balaban J connectivity index is -0.000000650. The largest absolute Gasteiger partial charge is 1.00 e. The zero-order valence-corrected chi connectivity index (χ0v) is 37.4. The molecule has 1 atom stereocenters. The van der Waals surface area contributed by atoms with Gasteiger partial charge in [0.2, 0.25) is 11.8 Å². The molecule has 52 heavy (non-hydrogen) atoms. The number of nitrogens with zero attached hydrogens (tertiary/aromatic N) is 4. The van der Waals surface area contributed by atoms with Crippen LogP contribution in [-0.2, 0) is 50.8 Å². The van der Waals surface area contributed by atoms with Crippen LogP contribution in [0, 0.1) is 0 Å². The molecular formula is C36H62ClN4NaO8S2. The molecule has 12 nitrogen and oxygen atoms in total. The van der Waals surface area contributed by atoms with E-state index in [1.54, 1.807) is 28.6 Å². The second-order valence-electron chi connectivity index (χ2n) is 10.9. The second-order valence-corrected chi connectivity index (χ2v) is 12.9. The quantitative estimate of drug-likeness (QED) is 0.112. The van der Waals surface area contributed by atoms with E-state index < -0.39 is 0 Å². The van der Waals surface area contributed by atoms with E-state index in [-0.39, 0.29) is 53.3 Å². The Bertz CT molecular complexity index is 1100. The number of hydrogen-bond donors (Lipinski definition) is 0. The van der Waals surface area contributed by atoms with Gasteiger partial charge in [-0.25, -0.2) is 0 Å². The first kappa shape index (κ1) is 54.8. The van der Waals surface area contributed by atoms with E-state index in [9.17, 15) is 19.2 Å². The van der Waals surface area contributed by atoms with E-state index >= 15 is 0 Å². The Morgan fingerprint density at radius 3 is 1.92 bits per heavy atom. The molecule has 1 saturated heterocycles. The Hall–Kier alpha value is -1.52. The fourth-order valence-corrected chi connectivity index (χ4v) is 5.19. The summed E-state index contributed by atoms with van der Waals surface area (Å²) in [5.41, 5.74) is 0. The first-order chi connectivity index (χ1) is 24.4. The van der Waals surface area contributed by atoms with E-state index in [0.29, 0.717) is 63.1 Å². The summed E-state index contributed by atoms with van der Waals surface area (Å²) in [6.45, 7) is 13.2. The van der Waals surface area contributed by atoms with Gasteiger partial charge in [-0.05, 0) is 25.6 Å². The van der Waals surface area contributed by atoms with E-state index in [0.717, 1.165) is 55.8 Å². The molecule has 0 aliphatic carbocycles. The summed E-state index contributed by atoms with van der Waals surface area (Å²) in [5, 5.41) is 0.794. The smallest absolute Gasteiger partial charge is 0.792 e. The van der Waals surface area contributed by atoms with Gasteiger partial charge in [0.05, 0.1) is 33.8 Å². The fraction of sp³-hybridized carbons (Fsp3) is 0.694. The summed E-state index contributed by atoms with van der Waals surface area (Å²) in [7, 11) is 6.59. The number of carbonyl (C=O) groups is 4. The molecule has 0 aromatic heterocycles. The molecule has 1 fully saturated rings. The molecule has 294 valence electrons. The summed E-state index contributed by atoms with van der Waals surface area (Å²) in [5.74, 6) is 2.56. The number of halogens is 1. The molecule has 0 N–H and O–H groups in total. The number of amides is 2. The maximum Gasteiger partial charge on any atom is 1.00 e. The van der Waals surface area contributed by atoms with Crippen molar-refractivity contribution in [3.05, 3.63) is 35.4 Å². The fourth-order valence-electron chi connectivity index (χ4n) is 4.01. The molecule has 0 bridgehead atoms. The molecule has 2 aliphatic rings. The van der Waals surface area contributed by atoms with Gasteiger partial charge in [0.25, 0.3) is 0 Å². The Kier molecular flexibility index (Phi) is 39.8. The van der Waals surface area contributed by atoms with Crippen LogP contribution < -0.4 is 29.6 Å². The Morgan fingerprint density at radius 2 is 1.56 bits per heavy atom. The third-order valence-corrected chi connectivity index (χ3v) is 8.51. The van der Waals surface area contributed by atoms with Crippen molar-refractivity contribution in [2.45, 2.75) is 72.4 Å². The molecule has 1 unspecified atom stereocenters. The summed E-state index contributed by atoms with van der Waals surface area (Å²) in [4.78, 5) is 54.3. The average Bonchev–Trinajstić information content (AvgIpc) is 3.84. The number of methoxy groups -OCH3 is 2. The van der Waals surface area contributed by atoms with Crippen LogP contribution in [0.5, 0.6) is 0 Å². The molecule has 0 saturated carbocycles. The predicted molar refractivity (Wildman–Crippen MR) is 210 cm³/mol. The second kappa shape index (κ2) is 37.8. The van der Waals surface area contributed by atoms with E-state index in [1.807, 2.05) is 51.1 Å². The number of benzene rings is 1. The minimum atomic E-state index is -0.227. The molecule has 16 heteroatoms. The van der Waals surface area contributed by atoms with Crippen molar-refractivity contribution in [3.8, 4) is 0 Å². The topological polar surface area (TPSA) is 127 Å². The van der Waals surface area contributed by atoms with Gasteiger partial charge in [-0.3, -0.25) is 29.1 Å². The monoisotopic (exact) mass is 800 g/mol. The average molecular weight is 801 g/mol. The van der Waals surface area contributed by atoms with Gasteiger partial charge in [0, 0.05) is 75.4 Å². The van der Waals surface area contributed by atoms with Crippen molar-refractivity contribution in [1.29, 1.82) is 0 Å². The van der Waals surface area contributed by atoms with Crippen molar-refractivity contribution in [2.75, 3.05) is 91.5 Å². The first-order valence-corrected chi connectivity index (χ1v) is 19.5. The van der Waals surface area contributed by atoms with E-state index in [4.69, 9.17) is 21.1 Å². The normalized spacial score (nSPS) is 14.0. The Labute approximate surface area is 350 Å². The summed E-state index contributed by atoms with van der Waals surface area (Å²) in [6, 6.07) is 9.44. The van der Waals surface area contributed by atoms with E-state index in [1.165, 1.54) is 14.2 Å². The summed E-state index contributed by atoms with van der Waals surface area (Å²) < 4.78 is 19.3. The maximum atomic E-state index is 11.9. The SMILES string of the molecule is CCC(=O)N(C)CCN(CCSCCC(=O)OC)C(=O)CC.CCC1=NCCO1.CCC1OCCN1C.COC(=O)CC[S-].Clc1ccccc1.[Na+]. The van der Waals surface area contributed by atoms with Gasteiger partial charge >= 0.3 is 41.5 Å². The number of ether oxygens (including phenoxy) is 4. The number of carbonyl (C=O) groups excluding carboxylic acids is 4. The van der Waals surface area contributed by atoms with Crippen molar-refractivity contribution in [2.24, 2.45) is 4.99 Å². The van der Waals surface area contributed by atoms with Gasteiger partial charge < -0.3 is 41.4 Å². The number of thioether (sulfide) groups is 1. The summed E-state index contributed by atoms with van der Waals surface area (Å²) >= 11 is 11.7. The van der Waals surface area contributed by atoms with Crippen LogP contribution >= 0.6 is 23.4 Å². The number of esters is 2. The molecule has 0 spiro atoms. The third-order valence-electron chi connectivity index (χ3n) is 7.09. The van der Waals surface area contributed by atoms with Crippen LogP contribution in [0.25, 0.3) is 0 Å². The number of rotatable bonds is 15. The van der Waals surface area contributed by atoms with Crippen LogP contribution in [0.1, 0.15) is 66.2 Å². The number of hydrogen-bond acceptors (Lipinski definition) is 12. The maximum absolute atomic E-state index is 11.9. The first-order valence-electron chi connectivity index (χ1n) is 17.4. The van der Waals surface area contributed by atoms with Crippen molar-refractivity contribution in [3.63, 3.8) is 0 Å². The van der Waals surface area contributed by atoms with Gasteiger partial charge in [0.1, 0.15) is 12.8 Å². The van der Waals surface area contributed by atoms with Crippen molar-refractivity contribution >= 4 is 65.6 Å². The summed E-state index contributed by atoms with van der Waals surface area (Å²) in [6.07, 6.45) is 4.12. The molecule has 2 amide bonds. The van der Waals surface area contributed by atoms with Gasteiger partial charge in [-0.2, -0.15) is 17.5 Å². The molecule has 2 heterocycles. The standard InChI is InChI=1S/C15H28N2O4S.C6H5Cl.C6H13NO.C5H9NO.C4H8O2S.Na/c1-5-13(18)16(3)8-9-17(14(19)6-2)10-12-22-11-7-15(20)21-4;7-6-4-2-1-3-5-6;1-3-6-7(2)4-5-8-6;1-2-5-6-3-4-7-5;1-6-4(5)2-3-7;/h5-12H2,1-4H3;1-5H;6H,3-5H2,1-2H3;2-4H2,1H3;7H,2-3H2,1H3;/q;;;;;+1/p-1. The van der Waals surface area contributed by atoms with Gasteiger partial charge in [-0.1, -0.05) is 57.5 Å². The third kappa shape index (κ3) is 30.9. The van der Waals surface area contributed by atoms with Crippen LogP contribution in [0.3, 0.4) is 0 Å². The number of likely N-dealkylation sites (N-methyl/N-ethyl adjacent to an activating group) is 2. The van der Waals surface area contributed by atoms with Crippen LogP contribution in [0.4, 0.5) is 0 Å². The zero-order valence-electron chi connectivity index (χ0n) is 33.0. The minimum Gasteiger partial charge on any atom is -0.792 e. The van der Waals surface area contributed by atoms with Crippen LogP contribution in [0.15, 0.2) is 35.3 Å². The minimum absolute atomic E-state index is 0. The van der Waals surface area contributed by atoms with Crippen molar-refractivity contribution < 1.29 is 67.7 Å². The number of aliphatic imine (C=N–C) groups is 1. The molecule has 1 aromatic carbocycles. The van der Waals surface area contributed by atoms with Gasteiger partial charge in [0.15, 0.2) is 5.90 Å². The van der Waals surface area contributed by atoms with Crippen molar-refractivity contribution in [1.82, 2.24) is 14.7 Å². The molecule has 2 aliphatic heterocycles. The molecule has 1 aromatic rings. The molecule has 3 rings (SSSR count). The zero-order chi connectivity index (χ0) is 38.9.